The van der Waals surface area contributed by atoms with E-state index in [1.165, 1.54) is 0 Å². The Labute approximate surface area is 165 Å². The van der Waals surface area contributed by atoms with Crippen molar-refractivity contribution < 1.29 is 13.6 Å². The summed E-state index contributed by atoms with van der Waals surface area (Å²) in [6.07, 6.45) is 2.27. The molecule has 28 heavy (non-hydrogen) atoms. The number of amides is 1. The molecule has 1 aliphatic rings. The highest BCUT2D eigenvalue weighted by Gasteiger charge is 2.20. The minimum absolute atomic E-state index is 0.0795. The van der Waals surface area contributed by atoms with Crippen molar-refractivity contribution >= 4 is 40.1 Å². The van der Waals surface area contributed by atoms with Gasteiger partial charge in [-0.05, 0) is 48.9 Å². The quantitative estimate of drug-likeness (QED) is 0.613. The number of alkyl halides is 2. The molecule has 0 unspecified atom stereocenters. The molecule has 4 rings (SSSR count). The number of benzene rings is 2. The van der Waals surface area contributed by atoms with Crippen molar-refractivity contribution in [2.45, 2.75) is 30.3 Å². The first-order valence-electron chi connectivity index (χ1n) is 9.16. The van der Waals surface area contributed by atoms with Gasteiger partial charge in [0.2, 0.25) is 5.91 Å². The minimum atomic E-state index is -2.60. The van der Waals surface area contributed by atoms with E-state index in [-0.39, 0.29) is 17.6 Å². The van der Waals surface area contributed by atoms with Gasteiger partial charge in [-0.25, -0.2) is 4.98 Å². The van der Waals surface area contributed by atoms with Crippen LogP contribution in [0.25, 0.3) is 11.0 Å². The molecule has 0 aliphatic carbocycles. The van der Waals surface area contributed by atoms with Crippen LogP contribution in [0.2, 0.25) is 0 Å². The molecule has 1 N–H and O–H groups in total. The topological polar surface area (TPSA) is 50.2 Å². The molecule has 2 aromatic carbocycles. The first-order valence-corrected chi connectivity index (χ1v) is 10.0. The maximum atomic E-state index is 12.9. The third-order valence-electron chi connectivity index (χ3n) is 4.74. The van der Waals surface area contributed by atoms with Gasteiger partial charge in [0.25, 0.3) is 5.76 Å². The van der Waals surface area contributed by atoms with Crippen LogP contribution in [0.3, 0.4) is 0 Å². The van der Waals surface area contributed by atoms with Crippen LogP contribution < -0.4 is 10.2 Å². The highest BCUT2D eigenvalue weighted by atomic mass is 32.2. The van der Waals surface area contributed by atoms with Gasteiger partial charge in [0.15, 0.2) is 5.16 Å². The van der Waals surface area contributed by atoms with Crippen molar-refractivity contribution in [2.75, 3.05) is 23.3 Å². The molecular weight excluding hydrogens is 382 g/mol. The Balaban J connectivity index is 1.58. The molecule has 146 valence electrons. The lowest BCUT2D eigenvalue weighted by Crippen LogP contribution is -2.23. The van der Waals surface area contributed by atoms with Crippen LogP contribution in [0.15, 0.2) is 53.7 Å². The predicted octanol–water partition coefficient (Wildman–Crippen LogP) is 4.59. The van der Waals surface area contributed by atoms with Crippen LogP contribution in [-0.4, -0.2) is 34.3 Å². The number of aromatic nitrogens is 2. The van der Waals surface area contributed by atoms with Crippen molar-refractivity contribution in [1.29, 1.82) is 0 Å². The van der Waals surface area contributed by atoms with Gasteiger partial charge in [-0.1, -0.05) is 24.3 Å². The molecule has 3 aromatic rings. The zero-order chi connectivity index (χ0) is 19.5. The van der Waals surface area contributed by atoms with Gasteiger partial charge in [0, 0.05) is 13.1 Å². The Morgan fingerprint density at radius 1 is 1.11 bits per heavy atom. The summed E-state index contributed by atoms with van der Waals surface area (Å²) in [7, 11) is 0. The maximum absolute atomic E-state index is 12.9. The van der Waals surface area contributed by atoms with Crippen molar-refractivity contribution in [3.05, 3.63) is 48.5 Å². The molecule has 1 aliphatic heterocycles. The Morgan fingerprint density at radius 2 is 1.82 bits per heavy atom. The number of thioether (sulfide) groups is 1. The van der Waals surface area contributed by atoms with Crippen LogP contribution in [0.5, 0.6) is 0 Å². The summed E-state index contributed by atoms with van der Waals surface area (Å²) >= 11 is 0.353. The Hall–Kier alpha value is -2.61. The second-order valence-corrected chi connectivity index (χ2v) is 7.56. The van der Waals surface area contributed by atoms with E-state index in [2.05, 4.69) is 15.2 Å². The van der Waals surface area contributed by atoms with Crippen molar-refractivity contribution in [3.8, 4) is 0 Å². The molecule has 8 heteroatoms. The Bertz CT molecular complexity index is 985. The van der Waals surface area contributed by atoms with Gasteiger partial charge < -0.3 is 14.8 Å². The average Bonchev–Trinajstić information content (AvgIpc) is 3.31. The second-order valence-electron chi connectivity index (χ2n) is 6.61. The molecule has 0 spiro atoms. The Kier molecular flexibility index (Phi) is 5.47. The smallest absolute Gasteiger partial charge is 0.291 e. The van der Waals surface area contributed by atoms with E-state index in [0.717, 1.165) is 37.3 Å². The third kappa shape index (κ3) is 3.96. The number of hydrogen-bond donors (Lipinski definition) is 1. The SMILES string of the molecule is O=C(Cn1c(SC(F)F)nc2ccccc21)Nc1ccccc1N1CCCC1. The summed E-state index contributed by atoms with van der Waals surface area (Å²) in [6, 6.07) is 14.8. The van der Waals surface area contributed by atoms with Crippen LogP contribution in [-0.2, 0) is 11.3 Å². The number of rotatable bonds is 6. The Morgan fingerprint density at radius 3 is 2.61 bits per heavy atom. The number of imidazole rings is 1. The highest BCUT2D eigenvalue weighted by molar-refractivity contribution is 7.99. The molecular formula is C20H20F2N4OS. The molecule has 1 aromatic heterocycles. The second kappa shape index (κ2) is 8.18. The fourth-order valence-corrected chi connectivity index (χ4v) is 4.12. The number of anilines is 2. The molecule has 1 saturated heterocycles. The first kappa shape index (κ1) is 18.7. The zero-order valence-electron chi connectivity index (χ0n) is 15.1. The first-order chi connectivity index (χ1) is 13.6. The largest absolute Gasteiger partial charge is 0.370 e. The van der Waals surface area contributed by atoms with E-state index < -0.39 is 5.76 Å². The summed E-state index contributed by atoms with van der Waals surface area (Å²) in [6.45, 7) is 1.85. The van der Waals surface area contributed by atoms with Crippen molar-refractivity contribution in [3.63, 3.8) is 0 Å². The third-order valence-corrected chi connectivity index (χ3v) is 5.44. The zero-order valence-corrected chi connectivity index (χ0v) is 16.0. The summed E-state index contributed by atoms with van der Waals surface area (Å²) in [5.41, 5.74) is 2.98. The maximum Gasteiger partial charge on any atom is 0.291 e. The summed E-state index contributed by atoms with van der Waals surface area (Å²) in [5.74, 6) is -2.87. The fourth-order valence-electron chi connectivity index (χ4n) is 3.52. The lowest BCUT2D eigenvalue weighted by Gasteiger charge is -2.21. The van der Waals surface area contributed by atoms with Crippen LogP contribution in [0, 0.1) is 0 Å². The van der Waals surface area contributed by atoms with Crippen LogP contribution in [0.1, 0.15) is 12.8 Å². The van der Waals surface area contributed by atoms with E-state index in [0.29, 0.717) is 22.8 Å². The van der Waals surface area contributed by atoms with Gasteiger partial charge in [-0.2, -0.15) is 8.78 Å². The highest BCUT2D eigenvalue weighted by Crippen LogP contribution is 2.30. The summed E-state index contributed by atoms with van der Waals surface area (Å²) < 4.78 is 27.4. The molecule has 0 atom stereocenters. The van der Waals surface area contributed by atoms with E-state index >= 15 is 0 Å². The van der Waals surface area contributed by atoms with Gasteiger partial charge in [0.05, 0.1) is 22.4 Å². The number of hydrogen-bond acceptors (Lipinski definition) is 4. The predicted molar refractivity (Wildman–Crippen MR) is 108 cm³/mol. The van der Waals surface area contributed by atoms with E-state index in [1.54, 1.807) is 28.8 Å². The minimum Gasteiger partial charge on any atom is -0.370 e. The van der Waals surface area contributed by atoms with Crippen molar-refractivity contribution in [1.82, 2.24) is 9.55 Å². The van der Waals surface area contributed by atoms with Gasteiger partial charge in [-0.15, -0.1) is 0 Å². The van der Waals surface area contributed by atoms with E-state index in [9.17, 15) is 13.6 Å². The van der Waals surface area contributed by atoms with Crippen molar-refractivity contribution in [2.24, 2.45) is 0 Å². The number of halogens is 2. The lowest BCUT2D eigenvalue weighted by atomic mass is 10.2. The van der Waals surface area contributed by atoms with Crippen LogP contribution in [0.4, 0.5) is 20.2 Å². The molecule has 5 nitrogen and oxygen atoms in total. The summed E-state index contributed by atoms with van der Waals surface area (Å²) in [4.78, 5) is 19.3. The number of para-hydroxylation sites is 4. The number of nitrogens with zero attached hydrogens (tertiary/aromatic N) is 3. The molecule has 0 bridgehead atoms. The molecule has 1 amide bonds. The number of carbonyl (C=O) groups excluding carboxylic acids is 1. The van der Waals surface area contributed by atoms with Gasteiger partial charge in [0.1, 0.15) is 6.54 Å². The average molecular weight is 402 g/mol. The van der Waals surface area contributed by atoms with Gasteiger partial charge >= 0.3 is 0 Å². The number of fused-ring (bicyclic) bond motifs is 1. The van der Waals surface area contributed by atoms with E-state index in [4.69, 9.17) is 0 Å². The van der Waals surface area contributed by atoms with Crippen LogP contribution >= 0.6 is 11.8 Å². The standard InChI is InChI=1S/C20H20F2N4OS/c21-19(22)28-20-24-15-8-2-4-10-17(15)26(20)13-18(27)23-14-7-1-3-9-16(14)25-11-5-6-12-25/h1-4,7-10,19H,5-6,11-13H2,(H,23,27). The fraction of sp³-hybridized carbons (Fsp3) is 0.300. The molecule has 2 heterocycles. The molecule has 0 saturated carbocycles. The summed E-state index contributed by atoms with van der Waals surface area (Å²) in [5, 5.41) is 3.08. The van der Waals surface area contributed by atoms with Gasteiger partial charge in [-0.3, -0.25) is 4.79 Å². The lowest BCUT2D eigenvalue weighted by molar-refractivity contribution is -0.116. The monoisotopic (exact) mass is 402 g/mol. The van der Waals surface area contributed by atoms with E-state index in [1.807, 2.05) is 24.3 Å². The normalized spacial score (nSPS) is 14.2. The molecule has 1 fully saturated rings. The molecule has 0 radical (unpaired) electrons. The number of nitrogens with one attached hydrogen (secondary N) is 1. The number of carbonyl (C=O) groups is 1.